The molecule has 0 radical (unpaired) electrons. The van der Waals surface area contributed by atoms with Gasteiger partial charge < -0.3 is 34.4 Å². The summed E-state index contributed by atoms with van der Waals surface area (Å²) in [6.45, 7) is 4.21. The molecule has 3 amide bonds. The number of aliphatic carboxylic acids is 1. The average molecular weight is 636 g/mol. The van der Waals surface area contributed by atoms with Gasteiger partial charge in [0.1, 0.15) is 17.5 Å². The number of carbonyl (C=O) groups excluding carboxylic acids is 4. The van der Waals surface area contributed by atoms with Gasteiger partial charge in [-0.1, -0.05) is 0 Å². The number of hydrogen-bond acceptors (Lipinski definition) is 9. The van der Waals surface area contributed by atoms with Crippen molar-refractivity contribution in [2.75, 3.05) is 39.4 Å². The standard InChI is InChI=1S/C29H35F2N5O9/c1-3-43-27(41)29(10-5-11-29)45-23-17-21(33-36(23)22-8-6-18(30)16-19(22)31)25(39)32-20(7-9-24(37)38)26(40)34-12-14-35(15-13-34)28(42)44-4-2/h6,8,16-17,20H,3-5,7,9-15H2,1-2H3,(H,32,39)(H,37,38)/t20-/m0/s1. The van der Waals surface area contributed by atoms with E-state index < -0.39 is 59.5 Å². The molecule has 1 saturated carbocycles. The molecule has 1 aromatic carbocycles. The quantitative estimate of drug-likeness (QED) is 0.330. The van der Waals surface area contributed by atoms with Crippen LogP contribution in [0.2, 0.25) is 0 Å². The van der Waals surface area contributed by atoms with Crippen LogP contribution in [0.3, 0.4) is 0 Å². The zero-order valence-corrected chi connectivity index (χ0v) is 24.9. The number of ether oxygens (including phenoxy) is 3. The Kier molecular flexibility index (Phi) is 10.6. The number of benzene rings is 1. The van der Waals surface area contributed by atoms with Crippen LogP contribution in [0.25, 0.3) is 5.69 Å². The third kappa shape index (κ3) is 7.67. The number of halogens is 2. The molecular formula is C29H35F2N5O9. The van der Waals surface area contributed by atoms with E-state index >= 15 is 0 Å². The van der Waals surface area contributed by atoms with Crippen molar-refractivity contribution in [3.8, 4) is 11.6 Å². The third-order valence-corrected chi connectivity index (χ3v) is 7.52. The fraction of sp³-hybridized carbons (Fsp3) is 0.517. The summed E-state index contributed by atoms with van der Waals surface area (Å²) < 4.78 is 45.6. The maximum absolute atomic E-state index is 14.9. The summed E-state index contributed by atoms with van der Waals surface area (Å²) in [4.78, 5) is 65.8. The normalized spacial score (nSPS) is 16.3. The first-order chi connectivity index (χ1) is 21.5. The Morgan fingerprint density at radius 3 is 2.24 bits per heavy atom. The summed E-state index contributed by atoms with van der Waals surface area (Å²) in [5.74, 6) is -5.39. The fourth-order valence-electron chi connectivity index (χ4n) is 4.98. The van der Waals surface area contributed by atoms with E-state index in [2.05, 4.69) is 10.4 Å². The number of carboxylic acids is 1. The Hall–Kier alpha value is -4.76. The third-order valence-electron chi connectivity index (χ3n) is 7.52. The van der Waals surface area contributed by atoms with Gasteiger partial charge in [-0.2, -0.15) is 9.78 Å². The van der Waals surface area contributed by atoms with Crippen LogP contribution in [-0.2, 0) is 23.9 Å². The van der Waals surface area contributed by atoms with Gasteiger partial charge in [0.25, 0.3) is 5.91 Å². The minimum atomic E-state index is -1.40. The van der Waals surface area contributed by atoms with Crippen LogP contribution in [-0.4, -0.2) is 106 Å². The first kappa shape index (κ1) is 33.1. The summed E-state index contributed by atoms with van der Waals surface area (Å²) in [5.41, 5.74) is -2.02. The Bertz CT molecular complexity index is 1440. The average Bonchev–Trinajstić information content (AvgIpc) is 3.40. The summed E-state index contributed by atoms with van der Waals surface area (Å²) in [7, 11) is 0. The number of nitrogens with one attached hydrogen (secondary N) is 1. The van der Waals surface area contributed by atoms with Crippen molar-refractivity contribution in [3.05, 3.63) is 41.6 Å². The molecule has 2 aliphatic rings. The number of carbonyl (C=O) groups is 5. The Morgan fingerprint density at radius 2 is 1.67 bits per heavy atom. The van der Waals surface area contributed by atoms with Crippen LogP contribution in [0.1, 0.15) is 56.4 Å². The van der Waals surface area contributed by atoms with Crippen LogP contribution in [0.15, 0.2) is 24.3 Å². The van der Waals surface area contributed by atoms with Crippen LogP contribution in [0, 0.1) is 11.6 Å². The smallest absolute Gasteiger partial charge is 0.409 e. The lowest BCUT2D eigenvalue weighted by molar-refractivity contribution is -0.170. The second kappa shape index (κ2) is 14.3. The first-order valence-corrected chi connectivity index (χ1v) is 14.6. The fourth-order valence-corrected chi connectivity index (χ4v) is 4.98. The molecule has 2 fully saturated rings. The van der Waals surface area contributed by atoms with Crippen LogP contribution in [0.5, 0.6) is 5.88 Å². The van der Waals surface area contributed by atoms with Gasteiger partial charge in [0.05, 0.1) is 13.2 Å². The molecule has 0 spiro atoms. The van der Waals surface area contributed by atoms with E-state index in [1.54, 1.807) is 13.8 Å². The topological polar surface area (TPSA) is 170 Å². The van der Waals surface area contributed by atoms with E-state index in [4.69, 9.17) is 14.2 Å². The Labute approximate surface area is 257 Å². The number of nitrogens with zero attached hydrogens (tertiary/aromatic N) is 4. The molecule has 244 valence electrons. The molecule has 2 aromatic rings. The molecule has 2 N–H and O–H groups in total. The van der Waals surface area contributed by atoms with Gasteiger partial charge in [-0.25, -0.2) is 18.4 Å². The molecule has 4 rings (SSSR count). The highest BCUT2D eigenvalue weighted by atomic mass is 19.1. The molecular weight excluding hydrogens is 600 g/mol. The van der Waals surface area contributed by atoms with E-state index in [0.717, 1.165) is 22.9 Å². The maximum atomic E-state index is 14.9. The second-order valence-electron chi connectivity index (χ2n) is 10.5. The maximum Gasteiger partial charge on any atom is 0.409 e. The van der Waals surface area contributed by atoms with Gasteiger partial charge in [0.15, 0.2) is 11.5 Å². The van der Waals surface area contributed by atoms with Gasteiger partial charge in [-0.3, -0.25) is 14.4 Å². The lowest BCUT2D eigenvalue weighted by Gasteiger charge is -2.38. The SMILES string of the molecule is CCOC(=O)N1CCN(C(=O)[C@H](CCC(=O)O)NC(=O)c2cc(OC3(C(=O)OCC)CCC3)n(-c3ccc(F)cc3F)n2)CC1. The van der Waals surface area contributed by atoms with E-state index in [-0.39, 0.29) is 63.1 Å². The number of hydrogen-bond donors (Lipinski definition) is 2. The van der Waals surface area contributed by atoms with E-state index in [9.17, 15) is 37.9 Å². The van der Waals surface area contributed by atoms with E-state index in [1.165, 1.54) is 9.80 Å². The zero-order valence-electron chi connectivity index (χ0n) is 24.9. The minimum absolute atomic E-state index is 0.0904. The highest BCUT2D eigenvalue weighted by Crippen LogP contribution is 2.39. The summed E-state index contributed by atoms with van der Waals surface area (Å²) in [5, 5.41) is 15.9. The van der Waals surface area contributed by atoms with Gasteiger partial charge in [0.2, 0.25) is 17.4 Å². The molecule has 16 heteroatoms. The van der Waals surface area contributed by atoms with Gasteiger partial charge in [-0.15, -0.1) is 0 Å². The molecule has 1 aromatic heterocycles. The van der Waals surface area contributed by atoms with Crippen molar-refractivity contribution in [3.63, 3.8) is 0 Å². The molecule has 2 heterocycles. The highest BCUT2D eigenvalue weighted by Gasteiger charge is 2.49. The monoisotopic (exact) mass is 635 g/mol. The Morgan fingerprint density at radius 1 is 1.00 bits per heavy atom. The number of rotatable bonds is 12. The van der Waals surface area contributed by atoms with Crippen molar-refractivity contribution in [1.82, 2.24) is 24.9 Å². The second-order valence-corrected chi connectivity index (χ2v) is 10.5. The van der Waals surface area contributed by atoms with Crippen molar-refractivity contribution in [2.45, 2.75) is 57.6 Å². The lowest BCUT2D eigenvalue weighted by atomic mass is 9.80. The molecule has 0 bridgehead atoms. The number of carboxylic acid groups (broad SMARTS) is 1. The summed E-state index contributed by atoms with van der Waals surface area (Å²) in [6.07, 6.45) is 0.0237. The highest BCUT2D eigenvalue weighted by molar-refractivity contribution is 5.96. The predicted octanol–water partition coefficient (Wildman–Crippen LogP) is 2.28. The predicted molar refractivity (Wildman–Crippen MR) is 151 cm³/mol. The van der Waals surface area contributed by atoms with Crippen molar-refractivity contribution < 1.29 is 52.1 Å². The largest absolute Gasteiger partial charge is 0.481 e. The molecule has 1 aliphatic heterocycles. The van der Waals surface area contributed by atoms with Crippen LogP contribution in [0.4, 0.5) is 13.6 Å². The van der Waals surface area contributed by atoms with Gasteiger partial charge >= 0.3 is 18.0 Å². The van der Waals surface area contributed by atoms with E-state index in [0.29, 0.717) is 25.3 Å². The number of esters is 1. The summed E-state index contributed by atoms with van der Waals surface area (Å²) in [6, 6.07) is 2.55. The molecule has 1 atom stereocenters. The van der Waals surface area contributed by atoms with Gasteiger partial charge in [0, 0.05) is 44.7 Å². The van der Waals surface area contributed by atoms with Crippen molar-refractivity contribution >= 4 is 29.8 Å². The molecule has 45 heavy (non-hydrogen) atoms. The first-order valence-electron chi connectivity index (χ1n) is 14.6. The number of aromatic nitrogens is 2. The van der Waals surface area contributed by atoms with Crippen molar-refractivity contribution in [2.24, 2.45) is 0 Å². The molecule has 1 aliphatic carbocycles. The minimum Gasteiger partial charge on any atom is -0.481 e. The Balaban J connectivity index is 1.59. The van der Waals surface area contributed by atoms with Crippen LogP contribution >= 0.6 is 0 Å². The summed E-state index contributed by atoms with van der Waals surface area (Å²) >= 11 is 0. The lowest BCUT2D eigenvalue weighted by Crippen LogP contribution is -2.56. The number of piperazine rings is 1. The molecule has 0 unspecified atom stereocenters. The van der Waals surface area contributed by atoms with Crippen LogP contribution < -0.4 is 10.1 Å². The zero-order chi connectivity index (χ0) is 32.7. The van der Waals surface area contributed by atoms with Gasteiger partial charge in [-0.05, 0) is 51.7 Å². The van der Waals surface area contributed by atoms with Crippen molar-refractivity contribution in [1.29, 1.82) is 0 Å². The number of amides is 3. The molecule has 14 nitrogen and oxygen atoms in total. The molecule has 1 saturated heterocycles. The van der Waals surface area contributed by atoms with E-state index in [1.807, 2.05) is 0 Å².